The number of aromatic nitrogens is 2. The predicted octanol–water partition coefficient (Wildman–Crippen LogP) is 2.22. The number of rotatable bonds is 2. The number of nitrogens with zero attached hydrogens (tertiary/aromatic N) is 3. The number of alkyl halides is 1. The highest BCUT2D eigenvalue weighted by Crippen LogP contribution is 2.36. The van der Waals surface area contributed by atoms with Crippen LogP contribution in [0.5, 0.6) is 0 Å². The molecule has 0 aliphatic carbocycles. The highest BCUT2D eigenvalue weighted by atomic mass is 19.1. The highest BCUT2D eigenvalue weighted by Gasteiger charge is 2.42. The first-order chi connectivity index (χ1) is 10.4. The van der Waals surface area contributed by atoms with E-state index < -0.39 is 17.5 Å². The lowest BCUT2D eigenvalue weighted by atomic mass is 9.86. The summed E-state index contributed by atoms with van der Waals surface area (Å²) in [5.41, 5.74) is 5.82. The quantitative estimate of drug-likeness (QED) is 0.925. The molecule has 0 spiro atoms. The number of amidine groups is 1. The molecule has 2 atom stereocenters. The molecular formula is C15H16F2N4O. The summed E-state index contributed by atoms with van der Waals surface area (Å²) in [6.45, 7) is 3.15. The summed E-state index contributed by atoms with van der Waals surface area (Å²) in [5, 5.41) is 4.17. The van der Waals surface area contributed by atoms with Gasteiger partial charge in [-0.2, -0.15) is 5.10 Å². The molecule has 0 bridgehead atoms. The molecule has 5 nitrogen and oxygen atoms in total. The van der Waals surface area contributed by atoms with Gasteiger partial charge < -0.3 is 10.5 Å². The van der Waals surface area contributed by atoms with Crippen molar-refractivity contribution in [3.63, 3.8) is 0 Å². The molecule has 0 saturated heterocycles. The van der Waals surface area contributed by atoms with Gasteiger partial charge in [0.2, 0.25) is 0 Å². The van der Waals surface area contributed by atoms with Gasteiger partial charge in [0.15, 0.2) is 6.17 Å². The molecule has 22 heavy (non-hydrogen) atoms. The molecule has 116 valence electrons. The summed E-state index contributed by atoms with van der Waals surface area (Å²) < 4.78 is 35.1. The van der Waals surface area contributed by atoms with Gasteiger partial charge in [-0.05, 0) is 37.6 Å². The Labute approximate surface area is 126 Å². The molecule has 2 aromatic rings. The van der Waals surface area contributed by atoms with E-state index >= 15 is 0 Å². The third kappa shape index (κ3) is 2.32. The zero-order valence-corrected chi connectivity index (χ0v) is 12.3. The van der Waals surface area contributed by atoms with Gasteiger partial charge in [0, 0.05) is 11.8 Å². The standard InChI is InChI=1S/C15H16F2N4O/c1-9-6-19-21(7-9)10-3-4-12(16)11(5-10)15(2)13(17)8-22-14(18)20-15/h3-7,13H,8H2,1-2H3,(H2,18,20)/t13-,15+/m0/s1. The number of hydrogen-bond acceptors (Lipinski definition) is 4. The summed E-state index contributed by atoms with van der Waals surface area (Å²) in [7, 11) is 0. The molecule has 0 unspecified atom stereocenters. The second-order valence-electron chi connectivity index (χ2n) is 5.50. The summed E-state index contributed by atoms with van der Waals surface area (Å²) in [6, 6.07) is 4.25. The number of aliphatic imine (C=N–C) groups is 1. The lowest BCUT2D eigenvalue weighted by Gasteiger charge is -2.33. The molecule has 0 radical (unpaired) electrons. The van der Waals surface area contributed by atoms with Crippen LogP contribution in [-0.4, -0.2) is 28.6 Å². The number of benzene rings is 1. The Morgan fingerprint density at radius 1 is 1.45 bits per heavy atom. The van der Waals surface area contributed by atoms with E-state index in [1.165, 1.54) is 19.1 Å². The minimum atomic E-state index is -1.50. The van der Waals surface area contributed by atoms with Crippen LogP contribution in [0.2, 0.25) is 0 Å². The molecular weight excluding hydrogens is 290 g/mol. The Bertz CT molecular complexity index is 743. The average Bonchev–Trinajstić information content (AvgIpc) is 2.90. The van der Waals surface area contributed by atoms with E-state index in [1.807, 2.05) is 6.92 Å². The third-order valence-corrected chi connectivity index (χ3v) is 3.80. The summed E-state index contributed by atoms with van der Waals surface area (Å²) >= 11 is 0. The van der Waals surface area contributed by atoms with Gasteiger partial charge in [0.25, 0.3) is 6.02 Å². The second-order valence-corrected chi connectivity index (χ2v) is 5.50. The Morgan fingerprint density at radius 2 is 2.23 bits per heavy atom. The summed E-state index contributed by atoms with van der Waals surface area (Å²) in [5.74, 6) is -0.545. The van der Waals surface area contributed by atoms with E-state index in [0.29, 0.717) is 5.69 Å². The highest BCUT2D eigenvalue weighted by molar-refractivity contribution is 5.73. The molecule has 3 rings (SSSR count). The number of halogens is 2. The van der Waals surface area contributed by atoms with E-state index in [4.69, 9.17) is 10.5 Å². The summed E-state index contributed by atoms with van der Waals surface area (Å²) in [4.78, 5) is 3.99. The van der Waals surface area contributed by atoms with Crippen molar-refractivity contribution in [1.82, 2.24) is 9.78 Å². The maximum atomic E-state index is 14.3. The molecule has 1 aliphatic rings. The van der Waals surface area contributed by atoms with Crippen LogP contribution in [0.4, 0.5) is 8.78 Å². The zero-order valence-electron chi connectivity index (χ0n) is 12.3. The number of aryl methyl sites for hydroxylation is 1. The Morgan fingerprint density at radius 3 is 2.91 bits per heavy atom. The van der Waals surface area contributed by atoms with Gasteiger partial charge in [-0.25, -0.2) is 18.5 Å². The third-order valence-electron chi connectivity index (χ3n) is 3.80. The van der Waals surface area contributed by atoms with Crippen molar-refractivity contribution in [3.8, 4) is 5.69 Å². The molecule has 0 amide bonds. The number of nitrogens with two attached hydrogens (primary N) is 1. The van der Waals surface area contributed by atoms with Gasteiger partial charge in [-0.15, -0.1) is 0 Å². The van der Waals surface area contributed by atoms with Crippen LogP contribution in [-0.2, 0) is 10.3 Å². The van der Waals surface area contributed by atoms with Crippen LogP contribution < -0.4 is 5.73 Å². The lowest BCUT2D eigenvalue weighted by molar-refractivity contribution is 0.0923. The van der Waals surface area contributed by atoms with Gasteiger partial charge in [-0.3, -0.25) is 0 Å². The van der Waals surface area contributed by atoms with E-state index in [9.17, 15) is 8.78 Å². The molecule has 1 aromatic carbocycles. The lowest BCUT2D eigenvalue weighted by Crippen LogP contribution is -2.43. The Kier molecular flexibility index (Phi) is 3.35. The van der Waals surface area contributed by atoms with Crippen molar-refractivity contribution in [2.24, 2.45) is 10.7 Å². The molecule has 1 aromatic heterocycles. The van der Waals surface area contributed by atoms with Crippen molar-refractivity contribution in [3.05, 3.63) is 47.5 Å². The maximum absolute atomic E-state index is 14.3. The van der Waals surface area contributed by atoms with E-state index in [-0.39, 0.29) is 18.2 Å². The average molecular weight is 306 g/mol. The molecule has 0 saturated carbocycles. The van der Waals surface area contributed by atoms with Crippen LogP contribution in [0.1, 0.15) is 18.1 Å². The zero-order chi connectivity index (χ0) is 15.9. The van der Waals surface area contributed by atoms with Crippen molar-refractivity contribution >= 4 is 6.02 Å². The first kappa shape index (κ1) is 14.5. The van der Waals surface area contributed by atoms with E-state index in [0.717, 1.165) is 5.56 Å². The summed E-state index contributed by atoms with van der Waals surface area (Å²) in [6.07, 6.45) is 1.99. The molecule has 2 N–H and O–H groups in total. The number of hydrogen-bond donors (Lipinski definition) is 1. The topological polar surface area (TPSA) is 65.4 Å². The smallest absolute Gasteiger partial charge is 0.283 e. The molecule has 2 heterocycles. The van der Waals surface area contributed by atoms with Crippen molar-refractivity contribution < 1.29 is 13.5 Å². The van der Waals surface area contributed by atoms with Crippen molar-refractivity contribution in [1.29, 1.82) is 0 Å². The van der Waals surface area contributed by atoms with Crippen LogP contribution in [0.3, 0.4) is 0 Å². The van der Waals surface area contributed by atoms with E-state index in [1.54, 1.807) is 23.1 Å². The number of ether oxygens (including phenoxy) is 1. The van der Waals surface area contributed by atoms with Crippen molar-refractivity contribution in [2.75, 3.05) is 6.61 Å². The van der Waals surface area contributed by atoms with Gasteiger partial charge in [-0.1, -0.05) is 0 Å². The minimum Gasteiger partial charge on any atom is -0.462 e. The van der Waals surface area contributed by atoms with Crippen LogP contribution in [0.25, 0.3) is 5.69 Å². The Balaban J connectivity index is 2.12. The fraction of sp³-hybridized carbons (Fsp3) is 0.333. The largest absolute Gasteiger partial charge is 0.462 e. The second kappa shape index (κ2) is 5.08. The van der Waals surface area contributed by atoms with Gasteiger partial charge in [0.1, 0.15) is 18.0 Å². The van der Waals surface area contributed by atoms with Crippen LogP contribution in [0.15, 0.2) is 35.6 Å². The predicted molar refractivity (Wildman–Crippen MR) is 78.1 cm³/mol. The SMILES string of the molecule is Cc1cnn(-c2ccc(F)c([C@@]3(C)N=C(N)OC[C@@H]3F)c2)c1. The van der Waals surface area contributed by atoms with E-state index in [2.05, 4.69) is 10.1 Å². The molecule has 1 aliphatic heterocycles. The minimum absolute atomic E-state index is 0.122. The van der Waals surface area contributed by atoms with Crippen LogP contribution in [0, 0.1) is 12.7 Å². The van der Waals surface area contributed by atoms with Crippen LogP contribution >= 0.6 is 0 Å². The maximum Gasteiger partial charge on any atom is 0.283 e. The van der Waals surface area contributed by atoms with Crippen molar-refractivity contribution in [2.45, 2.75) is 25.6 Å². The first-order valence-corrected chi connectivity index (χ1v) is 6.84. The Hall–Kier alpha value is -2.44. The van der Waals surface area contributed by atoms with Gasteiger partial charge >= 0.3 is 0 Å². The molecule has 0 fully saturated rings. The first-order valence-electron chi connectivity index (χ1n) is 6.84. The van der Waals surface area contributed by atoms with Gasteiger partial charge in [0.05, 0.1) is 11.9 Å². The fourth-order valence-corrected chi connectivity index (χ4v) is 2.48. The molecule has 7 heteroatoms. The monoisotopic (exact) mass is 306 g/mol. The normalized spacial score (nSPS) is 24.7. The fourth-order valence-electron chi connectivity index (χ4n) is 2.48.